The average molecular weight is 394 g/mol. The molecule has 134 valence electrons. The molecule has 1 amide bonds. The SMILES string of the molecule is Cn1c(SCC(=O)Nc2cc(Cl)ccc2[N+](=O)[O-])nnc1-c1ccco1. The minimum atomic E-state index is -0.586. The number of aromatic nitrogens is 3. The first-order valence-corrected chi connectivity index (χ1v) is 8.62. The van der Waals surface area contributed by atoms with Gasteiger partial charge in [-0.3, -0.25) is 14.9 Å². The summed E-state index contributed by atoms with van der Waals surface area (Å²) in [6.45, 7) is 0. The molecule has 2 aromatic heterocycles. The van der Waals surface area contributed by atoms with Crippen LogP contribution in [-0.2, 0) is 11.8 Å². The van der Waals surface area contributed by atoms with E-state index in [0.29, 0.717) is 16.7 Å². The molecule has 0 bridgehead atoms. The Morgan fingerprint density at radius 3 is 2.92 bits per heavy atom. The molecule has 3 rings (SSSR count). The van der Waals surface area contributed by atoms with E-state index < -0.39 is 10.8 Å². The summed E-state index contributed by atoms with van der Waals surface area (Å²) in [5.74, 6) is 0.658. The number of hydrogen-bond donors (Lipinski definition) is 1. The van der Waals surface area contributed by atoms with Gasteiger partial charge in [-0.2, -0.15) is 0 Å². The van der Waals surface area contributed by atoms with Crippen molar-refractivity contribution in [2.75, 3.05) is 11.1 Å². The Morgan fingerprint density at radius 1 is 1.42 bits per heavy atom. The highest BCUT2D eigenvalue weighted by Crippen LogP contribution is 2.28. The number of carbonyl (C=O) groups excluding carboxylic acids is 1. The Balaban J connectivity index is 1.67. The van der Waals surface area contributed by atoms with E-state index in [1.165, 1.54) is 24.5 Å². The highest BCUT2D eigenvalue weighted by Gasteiger charge is 2.18. The number of nitro groups is 1. The third-order valence-corrected chi connectivity index (χ3v) is 4.59. The zero-order valence-corrected chi connectivity index (χ0v) is 15.0. The van der Waals surface area contributed by atoms with E-state index in [9.17, 15) is 14.9 Å². The normalized spacial score (nSPS) is 10.7. The highest BCUT2D eigenvalue weighted by atomic mass is 35.5. The molecule has 0 aliphatic heterocycles. The molecule has 0 saturated carbocycles. The van der Waals surface area contributed by atoms with Crippen molar-refractivity contribution in [3.05, 3.63) is 51.7 Å². The first kappa shape index (κ1) is 18.0. The van der Waals surface area contributed by atoms with E-state index in [4.69, 9.17) is 16.0 Å². The van der Waals surface area contributed by atoms with Gasteiger partial charge < -0.3 is 14.3 Å². The fourth-order valence-electron chi connectivity index (χ4n) is 2.14. The molecular formula is C15H12ClN5O4S. The Hall–Kier alpha value is -2.85. The van der Waals surface area contributed by atoms with Crippen molar-refractivity contribution in [3.8, 4) is 11.6 Å². The van der Waals surface area contributed by atoms with Crippen LogP contribution < -0.4 is 5.32 Å². The molecule has 2 heterocycles. The van der Waals surface area contributed by atoms with Gasteiger partial charge >= 0.3 is 0 Å². The summed E-state index contributed by atoms with van der Waals surface area (Å²) in [4.78, 5) is 22.6. The molecule has 0 unspecified atom stereocenters. The van der Waals surface area contributed by atoms with Gasteiger partial charge in [-0.05, 0) is 24.3 Å². The van der Waals surface area contributed by atoms with E-state index >= 15 is 0 Å². The summed E-state index contributed by atoms with van der Waals surface area (Å²) < 4.78 is 6.97. The molecule has 26 heavy (non-hydrogen) atoms. The van der Waals surface area contributed by atoms with E-state index in [0.717, 1.165) is 11.8 Å². The lowest BCUT2D eigenvalue weighted by atomic mass is 10.2. The number of hydrogen-bond acceptors (Lipinski definition) is 7. The van der Waals surface area contributed by atoms with E-state index in [2.05, 4.69) is 15.5 Å². The number of benzene rings is 1. The first-order chi connectivity index (χ1) is 12.5. The molecule has 9 nitrogen and oxygen atoms in total. The molecule has 3 aromatic rings. The summed E-state index contributed by atoms with van der Waals surface area (Å²) >= 11 is 6.98. The predicted molar refractivity (Wildman–Crippen MR) is 96.2 cm³/mol. The predicted octanol–water partition coefficient (Wildman–Crippen LogP) is 3.37. The maximum absolute atomic E-state index is 12.1. The van der Waals surface area contributed by atoms with Crippen LogP contribution in [0, 0.1) is 10.1 Å². The molecule has 1 N–H and O–H groups in total. The van der Waals surface area contributed by atoms with Crippen LogP contribution in [0.2, 0.25) is 5.02 Å². The Kier molecular flexibility index (Phi) is 5.24. The zero-order chi connectivity index (χ0) is 18.7. The van der Waals surface area contributed by atoms with Crippen LogP contribution in [-0.4, -0.2) is 31.3 Å². The topological polar surface area (TPSA) is 116 Å². The second kappa shape index (κ2) is 7.58. The number of rotatable bonds is 6. The molecule has 1 aromatic carbocycles. The summed E-state index contributed by atoms with van der Waals surface area (Å²) in [5, 5.41) is 22.4. The summed E-state index contributed by atoms with van der Waals surface area (Å²) in [6, 6.07) is 7.45. The number of carbonyl (C=O) groups is 1. The van der Waals surface area contributed by atoms with Crippen LogP contribution in [0.15, 0.2) is 46.2 Å². The third-order valence-electron chi connectivity index (χ3n) is 3.34. The lowest BCUT2D eigenvalue weighted by Crippen LogP contribution is -2.15. The van der Waals surface area contributed by atoms with Crippen molar-refractivity contribution in [3.63, 3.8) is 0 Å². The number of furan rings is 1. The number of nitro benzene ring substituents is 1. The van der Waals surface area contributed by atoms with E-state index in [1.807, 2.05) is 0 Å². The lowest BCUT2D eigenvalue weighted by Gasteiger charge is -2.06. The largest absolute Gasteiger partial charge is 0.461 e. The summed E-state index contributed by atoms with van der Waals surface area (Å²) in [5.41, 5.74) is -0.186. The number of nitrogens with zero attached hydrogens (tertiary/aromatic N) is 4. The maximum atomic E-state index is 12.1. The van der Waals surface area contributed by atoms with Crippen molar-refractivity contribution in [1.29, 1.82) is 0 Å². The van der Waals surface area contributed by atoms with Gasteiger partial charge in [0, 0.05) is 18.1 Å². The zero-order valence-electron chi connectivity index (χ0n) is 13.4. The van der Waals surface area contributed by atoms with Crippen LogP contribution >= 0.6 is 23.4 Å². The van der Waals surface area contributed by atoms with Gasteiger partial charge in [-0.25, -0.2) is 0 Å². The van der Waals surface area contributed by atoms with Crippen molar-refractivity contribution in [2.45, 2.75) is 5.16 Å². The molecule has 0 atom stereocenters. The number of halogens is 1. The number of nitrogens with one attached hydrogen (secondary N) is 1. The van der Waals surface area contributed by atoms with Crippen LogP contribution in [0.1, 0.15) is 0 Å². The second-order valence-electron chi connectivity index (χ2n) is 5.10. The molecular weight excluding hydrogens is 382 g/mol. The Bertz CT molecular complexity index is 957. The molecule has 11 heteroatoms. The van der Waals surface area contributed by atoms with Crippen LogP contribution in [0.5, 0.6) is 0 Å². The van der Waals surface area contributed by atoms with Gasteiger partial charge in [0.2, 0.25) is 5.91 Å². The highest BCUT2D eigenvalue weighted by molar-refractivity contribution is 7.99. The van der Waals surface area contributed by atoms with Gasteiger partial charge in [-0.15, -0.1) is 10.2 Å². The fraction of sp³-hybridized carbons (Fsp3) is 0.133. The summed E-state index contributed by atoms with van der Waals surface area (Å²) in [6.07, 6.45) is 1.53. The number of anilines is 1. The van der Waals surface area contributed by atoms with Gasteiger partial charge in [0.05, 0.1) is 16.9 Å². The molecule has 0 aliphatic carbocycles. The molecule has 0 saturated heterocycles. The van der Waals surface area contributed by atoms with Gasteiger partial charge in [0.25, 0.3) is 5.69 Å². The van der Waals surface area contributed by atoms with Crippen LogP contribution in [0.4, 0.5) is 11.4 Å². The lowest BCUT2D eigenvalue weighted by molar-refractivity contribution is -0.383. The van der Waals surface area contributed by atoms with Gasteiger partial charge in [0.1, 0.15) is 5.69 Å². The molecule has 0 radical (unpaired) electrons. The minimum Gasteiger partial charge on any atom is -0.461 e. The van der Waals surface area contributed by atoms with Gasteiger partial charge in [-0.1, -0.05) is 23.4 Å². The van der Waals surface area contributed by atoms with Crippen molar-refractivity contribution < 1.29 is 14.1 Å². The van der Waals surface area contributed by atoms with Gasteiger partial charge in [0.15, 0.2) is 16.7 Å². The average Bonchev–Trinajstić information content (AvgIpc) is 3.22. The smallest absolute Gasteiger partial charge is 0.292 e. The van der Waals surface area contributed by atoms with Crippen LogP contribution in [0.3, 0.4) is 0 Å². The molecule has 0 spiro atoms. The second-order valence-corrected chi connectivity index (χ2v) is 6.48. The quantitative estimate of drug-likeness (QED) is 0.387. The van der Waals surface area contributed by atoms with Crippen LogP contribution in [0.25, 0.3) is 11.6 Å². The Labute approximate surface area is 156 Å². The number of thioether (sulfide) groups is 1. The van der Waals surface area contributed by atoms with E-state index in [1.54, 1.807) is 23.7 Å². The molecule has 0 aliphatic rings. The first-order valence-electron chi connectivity index (χ1n) is 7.25. The summed E-state index contributed by atoms with van der Waals surface area (Å²) in [7, 11) is 1.75. The standard InChI is InChI=1S/C15H12ClN5O4S/c1-20-14(12-3-2-6-25-12)18-19-15(20)26-8-13(22)17-10-7-9(16)4-5-11(10)21(23)24/h2-7H,8H2,1H3,(H,17,22). The van der Waals surface area contributed by atoms with Crippen molar-refractivity contribution >= 4 is 40.6 Å². The number of amides is 1. The maximum Gasteiger partial charge on any atom is 0.292 e. The third kappa shape index (κ3) is 3.86. The molecule has 0 fully saturated rings. The fourth-order valence-corrected chi connectivity index (χ4v) is 3.03. The van der Waals surface area contributed by atoms with Crippen molar-refractivity contribution in [2.24, 2.45) is 7.05 Å². The van der Waals surface area contributed by atoms with E-state index in [-0.39, 0.29) is 22.2 Å². The Morgan fingerprint density at radius 2 is 2.23 bits per heavy atom. The minimum absolute atomic E-state index is 0.00616. The monoisotopic (exact) mass is 393 g/mol. The van der Waals surface area contributed by atoms with Crippen molar-refractivity contribution in [1.82, 2.24) is 14.8 Å².